The minimum Gasteiger partial charge on any atom is -0.478 e. The molecule has 1 saturated carbocycles. The standard InChI is InChI=1S/C20H16F4N4O4S/c21-13-3-2-9(6-11(13)16(30)31)28-18(33)27(17(32)19(28)4-1-5-19)10-7-12(20(22,23)24)14(15(25)29)26-8-10/h2-3,6-8,18,33H,1,4-5H2,(H2,25,29)(H,30,31). The van der Waals surface area contributed by atoms with Gasteiger partial charge in [0.1, 0.15) is 17.1 Å². The molecule has 0 radical (unpaired) electrons. The van der Waals surface area contributed by atoms with E-state index in [9.17, 15) is 37.1 Å². The number of aromatic nitrogens is 1. The fraction of sp³-hybridized carbons (Fsp3) is 0.300. The number of halogens is 4. The highest BCUT2D eigenvalue weighted by molar-refractivity contribution is 7.81. The fourth-order valence-corrected chi connectivity index (χ4v) is 4.78. The molecule has 13 heteroatoms. The van der Waals surface area contributed by atoms with Crippen molar-refractivity contribution in [2.45, 2.75) is 36.5 Å². The Morgan fingerprint density at radius 3 is 2.39 bits per heavy atom. The van der Waals surface area contributed by atoms with Crippen LogP contribution in [0.25, 0.3) is 0 Å². The number of nitrogens with two attached hydrogens (primary N) is 1. The highest BCUT2D eigenvalue weighted by atomic mass is 32.1. The molecule has 174 valence electrons. The first kappa shape index (κ1) is 22.8. The van der Waals surface area contributed by atoms with E-state index in [0.717, 1.165) is 23.2 Å². The molecule has 1 spiro atoms. The molecular weight excluding hydrogens is 468 g/mol. The van der Waals surface area contributed by atoms with Crippen molar-refractivity contribution in [2.24, 2.45) is 5.73 Å². The highest BCUT2D eigenvalue weighted by Gasteiger charge is 2.60. The molecule has 1 aromatic carbocycles. The molecule has 3 N–H and O–H groups in total. The third-order valence-corrected chi connectivity index (χ3v) is 6.33. The van der Waals surface area contributed by atoms with E-state index in [4.69, 9.17) is 5.73 Å². The third-order valence-electron chi connectivity index (χ3n) is 5.87. The molecule has 8 nitrogen and oxygen atoms in total. The van der Waals surface area contributed by atoms with Crippen LogP contribution in [-0.2, 0) is 11.0 Å². The Morgan fingerprint density at radius 1 is 1.21 bits per heavy atom. The number of alkyl halides is 3. The molecule has 1 unspecified atom stereocenters. The molecule has 4 rings (SSSR count). The number of rotatable bonds is 4. The number of carbonyl (C=O) groups is 3. The Bertz CT molecular complexity index is 1190. The van der Waals surface area contributed by atoms with Gasteiger partial charge in [0.25, 0.3) is 11.8 Å². The second kappa shape index (κ2) is 7.61. The van der Waals surface area contributed by atoms with Gasteiger partial charge in [-0.1, -0.05) is 0 Å². The average molecular weight is 484 g/mol. The van der Waals surface area contributed by atoms with E-state index in [2.05, 4.69) is 17.6 Å². The van der Waals surface area contributed by atoms with Gasteiger partial charge in [0, 0.05) is 5.69 Å². The van der Waals surface area contributed by atoms with E-state index in [-0.39, 0.29) is 11.4 Å². The largest absolute Gasteiger partial charge is 0.478 e. The average Bonchev–Trinajstić information content (AvgIpc) is 2.94. The summed E-state index contributed by atoms with van der Waals surface area (Å²) in [6, 6.07) is 3.85. The number of nitrogens with zero attached hydrogens (tertiary/aromatic N) is 3. The van der Waals surface area contributed by atoms with E-state index >= 15 is 0 Å². The van der Waals surface area contributed by atoms with Crippen molar-refractivity contribution in [3.8, 4) is 0 Å². The number of primary amides is 1. The third kappa shape index (κ3) is 3.46. The first-order chi connectivity index (χ1) is 15.4. The van der Waals surface area contributed by atoms with Gasteiger partial charge in [-0.15, -0.1) is 12.6 Å². The number of carboxylic acid groups (broad SMARTS) is 1. The van der Waals surface area contributed by atoms with Crippen molar-refractivity contribution in [1.82, 2.24) is 4.98 Å². The van der Waals surface area contributed by atoms with Crippen molar-refractivity contribution in [3.63, 3.8) is 0 Å². The summed E-state index contributed by atoms with van der Waals surface area (Å²) < 4.78 is 54.5. The Balaban J connectivity index is 1.83. The van der Waals surface area contributed by atoms with Crippen LogP contribution in [0.4, 0.5) is 28.9 Å². The molecule has 1 aliphatic heterocycles. The van der Waals surface area contributed by atoms with Crippen LogP contribution in [0.3, 0.4) is 0 Å². The topological polar surface area (TPSA) is 117 Å². The molecule has 1 aliphatic carbocycles. The second-order valence-corrected chi connectivity index (χ2v) is 8.16. The van der Waals surface area contributed by atoms with Gasteiger partial charge < -0.3 is 15.7 Å². The highest BCUT2D eigenvalue weighted by Crippen LogP contribution is 2.50. The quantitative estimate of drug-likeness (QED) is 0.454. The van der Waals surface area contributed by atoms with Crippen LogP contribution in [0.15, 0.2) is 30.5 Å². The molecule has 2 aromatic rings. The van der Waals surface area contributed by atoms with Crippen LogP contribution in [-0.4, -0.2) is 38.9 Å². The van der Waals surface area contributed by atoms with Crippen LogP contribution in [0.5, 0.6) is 0 Å². The number of benzene rings is 1. The molecule has 0 bridgehead atoms. The zero-order valence-electron chi connectivity index (χ0n) is 16.6. The zero-order chi connectivity index (χ0) is 24.3. The van der Waals surface area contributed by atoms with Gasteiger partial charge in [0.15, 0.2) is 5.50 Å². The number of aromatic carboxylic acids is 1. The molecule has 2 amide bonds. The Morgan fingerprint density at radius 2 is 1.88 bits per heavy atom. The van der Waals surface area contributed by atoms with Crippen LogP contribution < -0.4 is 15.5 Å². The summed E-state index contributed by atoms with van der Waals surface area (Å²) in [6.45, 7) is 0. The summed E-state index contributed by atoms with van der Waals surface area (Å²) in [7, 11) is 0. The minimum atomic E-state index is -4.97. The van der Waals surface area contributed by atoms with Gasteiger partial charge in [0.2, 0.25) is 0 Å². The van der Waals surface area contributed by atoms with Crippen molar-refractivity contribution >= 4 is 41.8 Å². The Hall–Kier alpha value is -3.35. The van der Waals surface area contributed by atoms with Crippen molar-refractivity contribution in [1.29, 1.82) is 0 Å². The van der Waals surface area contributed by atoms with Crippen LogP contribution in [0, 0.1) is 5.82 Å². The van der Waals surface area contributed by atoms with Gasteiger partial charge >= 0.3 is 12.1 Å². The number of hydrogen-bond acceptors (Lipinski definition) is 6. The lowest BCUT2D eigenvalue weighted by atomic mass is 9.75. The van der Waals surface area contributed by atoms with Crippen molar-refractivity contribution < 1.29 is 37.1 Å². The summed E-state index contributed by atoms with van der Waals surface area (Å²) in [5.41, 5.74) is -0.471. The fourth-order valence-electron chi connectivity index (χ4n) is 4.19. The summed E-state index contributed by atoms with van der Waals surface area (Å²) in [6.07, 6.45) is -2.75. The lowest BCUT2D eigenvalue weighted by Gasteiger charge is -2.44. The number of hydrogen-bond donors (Lipinski definition) is 3. The van der Waals surface area contributed by atoms with Crippen molar-refractivity contribution in [3.05, 3.63) is 53.1 Å². The van der Waals surface area contributed by atoms with Crippen molar-refractivity contribution in [2.75, 3.05) is 9.80 Å². The smallest absolute Gasteiger partial charge is 0.418 e. The maximum Gasteiger partial charge on any atom is 0.418 e. The van der Waals surface area contributed by atoms with E-state index in [1.54, 1.807) is 0 Å². The molecule has 1 aromatic heterocycles. The predicted octanol–water partition coefficient (Wildman–Crippen LogP) is 3.03. The van der Waals surface area contributed by atoms with E-state index < -0.39 is 57.6 Å². The summed E-state index contributed by atoms with van der Waals surface area (Å²) in [5, 5.41) is 9.25. The van der Waals surface area contributed by atoms with Crippen LogP contribution >= 0.6 is 12.6 Å². The summed E-state index contributed by atoms with van der Waals surface area (Å²) >= 11 is 4.44. The minimum absolute atomic E-state index is 0.169. The van der Waals surface area contributed by atoms with E-state index in [0.29, 0.717) is 25.3 Å². The number of carboxylic acids is 1. The monoisotopic (exact) mass is 484 g/mol. The van der Waals surface area contributed by atoms with Crippen LogP contribution in [0.2, 0.25) is 0 Å². The maximum atomic E-state index is 13.9. The molecule has 33 heavy (non-hydrogen) atoms. The molecule has 2 aliphatic rings. The normalized spacial score (nSPS) is 19.7. The molecule has 1 atom stereocenters. The number of thiol groups is 1. The number of pyridine rings is 1. The number of anilines is 2. The maximum absolute atomic E-state index is 13.9. The molecular formula is C20H16F4N4O4S. The van der Waals surface area contributed by atoms with Gasteiger partial charge in [-0.25, -0.2) is 14.2 Å². The first-order valence-corrected chi connectivity index (χ1v) is 10.1. The molecule has 2 fully saturated rings. The van der Waals surface area contributed by atoms with Gasteiger partial charge in [-0.05, 0) is 43.5 Å². The lowest BCUT2D eigenvalue weighted by Crippen LogP contribution is -2.55. The SMILES string of the molecule is NC(=O)c1ncc(N2C(=O)C3(CCC3)N(c3ccc(F)c(C(=O)O)c3)C2S)cc1C(F)(F)F. The van der Waals surface area contributed by atoms with Crippen LogP contribution in [0.1, 0.15) is 45.7 Å². The molecule has 2 heterocycles. The Labute approximate surface area is 189 Å². The van der Waals surface area contributed by atoms with Gasteiger partial charge in [0.05, 0.1) is 23.0 Å². The lowest BCUT2D eigenvalue weighted by molar-refractivity contribution is -0.138. The number of amides is 2. The zero-order valence-corrected chi connectivity index (χ0v) is 17.5. The summed E-state index contributed by atoms with van der Waals surface area (Å²) in [5.74, 6) is -4.45. The van der Waals surface area contributed by atoms with Gasteiger partial charge in [-0.2, -0.15) is 13.2 Å². The van der Waals surface area contributed by atoms with Gasteiger partial charge in [-0.3, -0.25) is 14.5 Å². The van der Waals surface area contributed by atoms with E-state index in [1.165, 1.54) is 11.0 Å². The molecule has 1 saturated heterocycles. The van der Waals surface area contributed by atoms with E-state index in [1.807, 2.05) is 0 Å². The number of carbonyl (C=O) groups excluding carboxylic acids is 2. The predicted molar refractivity (Wildman–Crippen MR) is 110 cm³/mol. The second-order valence-electron chi connectivity index (χ2n) is 7.70. The Kier molecular flexibility index (Phi) is 5.26. The first-order valence-electron chi connectivity index (χ1n) is 9.59. The summed E-state index contributed by atoms with van der Waals surface area (Å²) in [4.78, 5) is 42.2.